The number of pyridine rings is 2. The fraction of sp³-hybridized carbons (Fsp3) is 0.0476. The number of hydrogen-bond donors (Lipinski definition) is 2. The molecule has 4 aromatic heterocycles. The molecule has 0 aliphatic heterocycles. The Morgan fingerprint density at radius 2 is 1.81 bits per heavy atom. The zero-order valence-electron chi connectivity index (χ0n) is 17.7. The second-order valence-electron chi connectivity index (χ2n) is 7.31. The summed E-state index contributed by atoms with van der Waals surface area (Å²) in [6.45, 7) is 0. The van der Waals surface area contributed by atoms with Crippen LogP contribution >= 0.6 is 11.6 Å². The van der Waals surface area contributed by atoms with Gasteiger partial charge in [-0.15, -0.1) is 4.80 Å². The number of aromatic nitrogens is 7. The van der Waals surface area contributed by atoms with Crippen LogP contribution in [-0.2, 0) is 6.18 Å². The Morgan fingerprint density at radius 1 is 1.06 bits per heavy atom. The molecule has 0 saturated heterocycles. The molecule has 0 unspecified atom stereocenters. The number of nitrogens with two attached hydrogens (primary N) is 1. The minimum absolute atomic E-state index is 0.0171. The standard InChI is InChI=1S/C21H12ClF4N9O/c22-13-6-10(7-29-19(13)35-30-4-5-31-35)33-20(36)12-8-32-34(17(12)21(24,25)26)15-9-28-18(27)16-11(15)2-1-3-14(16)23/h1-9H,(H2,27,28)(H,33,36). The summed E-state index contributed by atoms with van der Waals surface area (Å²) < 4.78 is 57.3. The van der Waals surface area contributed by atoms with Gasteiger partial charge in [0.25, 0.3) is 5.91 Å². The number of alkyl halides is 3. The van der Waals surface area contributed by atoms with Gasteiger partial charge in [-0.2, -0.15) is 28.5 Å². The SMILES string of the molecule is Nc1ncc(-n2ncc(C(=O)Nc3cnc(-n4nccn4)c(Cl)c3)c2C(F)(F)F)c2cccc(F)c12. The summed E-state index contributed by atoms with van der Waals surface area (Å²) in [6, 6.07) is 5.06. The van der Waals surface area contributed by atoms with E-state index < -0.39 is 29.2 Å². The lowest BCUT2D eigenvalue weighted by Crippen LogP contribution is -2.21. The molecule has 0 radical (unpaired) electrons. The number of nitrogens with zero attached hydrogens (tertiary/aromatic N) is 7. The van der Waals surface area contributed by atoms with Gasteiger partial charge in [-0.25, -0.2) is 19.0 Å². The van der Waals surface area contributed by atoms with Gasteiger partial charge in [-0.05, 0) is 12.1 Å². The first-order valence-corrected chi connectivity index (χ1v) is 10.3. The van der Waals surface area contributed by atoms with Gasteiger partial charge in [-0.1, -0.05) is 23.7 Å². The van der Waals surface area contributed by atoms with Crippen LogP contribution in [-0.4, -0.2) is 40.6 Å². The number of rotatable bonds is 4. The van der Waals surface area contributed by atoms with Gasteiger partial charge in [0.05, 0.1) is 58.3 Å². The van der Waals surface area contributed by atoms with Crippen LogP contribution in [0.5, 0.6) is 0 Å². The predicted molar refractivity (Wildman–Crippen MR) is 120 cm³/mol. The van der Waals surface area contributed by atoms with Crippen molar-refractivity contribution in [2.75, 3.05) is 11.1 Å². The topological polar surface area (TPSA) is 129 Å². The Kier molecular flexibility index (Phi) is 5.51. The second-order valence-corrected chi connectivity index (χ2v) is 7.72. The smallest absolute Gasteiger partial charge is 0.383 e. The Hall–Kier alpha value is -4.59. The lowest BCUT2D eigenvalue weighted by atomic mass is 10.1. The molecule has 5 aromatic rings. The van der Waals surface area contributed by atoms with E-state index in [0.29, 0.717) is 4.68 Å². The lowest BCUT2D eigenvalue weighted by Gasteiger charge is -2.15. The van der Waals surface area contributed by atoms with Crippen molar-refractivity contribution >= 4 is 39.8 Å². The molecule has 1 aromatic carbocycles. The van der Waals surface area contributed by atoms with Crippen LogP contribution in [0.2, 0.25) is 5.02 Å². The van der Waals surface area contributed by atoms with E-state index in [-0.39, 0.29) is 38.8 Å². The molecule has 5 rings (SSSR count). The molecule has 182 valence electrons. The fourth-order valence-electron chi connectivity index (χ4n) is 3.57. The molecule has 36 heavy (non-hydrogen) atoms. The van der Waals surface area contributed by atoms with Crippen LogP contribution in [0.1, 0.15) is 16.1 Å². The molecule has 4 heterocycles. The number of anilines is 2. The minimum atomic E-state index is -5.02. The van der Waals surface area contributed by atoms with E-state index in [2.05, 4.69) is 30.6 Å². The van der Waals surface area contributed by atoms with Gasteiger partial charge in [0.15, 0.2) is 11.5 Å². The van der Waals surface area contributed by atoms with Crippen LogP contribution in [0.3, 0.4) is 0 Å². The lowest BCUT2D eigenvalue weighted by molar-refractivity contribution is -0.143. The summed E-state index contributed by atoms with van der Waals surface area (Å²) in [6.07, 6.45) is 0.732. The van der Waals surface area contributed by atoms with Crippen LogP contribution in [0.25, 0.3) is 22.3 Å². The Bertz CT molecular complexity index is 1610. The van der Waals surface area contributed by atoms with Gasteiger partial charge in [-0.3, -0.25) is 4.79 Å². The monoisotopic (exact) mass is 517 g/mol. The Labute approximate surface area is 203 Å². The zero-order valence-corrected chi connectivity index (χ0v) is 18.5. The highest BCUT2D eigenvalue weighted by Gasteiger charge is 2.41. The molecule has 0 bridgehead atoms. The van der Waals surface area contributed by atoms with Gasteiger partial charge in [0, 0.05) is 5.39 Å². The first kappa shape index (κ1) is 23.2. The van der Waals surface area contributed by atoms with Gasteiger partial charge >= 0.3 is 6.18 Å². The molecule has 0 aliphatic carbocycles. The Balaban J connectivity index is 1.56. The van der Waals surface area contributed by atoms with E-state index in [9.17, 15) is 22.4 Å². The van der Waals surface area contributed by atoms with Crippen LogP contribution in [0.15, 0.2) is 55.2 Å². The molecule has 0 fully saturated rings. The maximum absolute atomic E-state index is 14.3. The highest BCUT2D eigenvalue weighted by molar-refractivity contribution is 6.32. The maximum atomic E-state index is 14.3. The van der Waals surface area contributed by atoms with E-state index in [1.807, 2.05) is 0 Å². The van der Waals surface area contributed by atoms with Crippen molar-refractivity contribution in [3.05, 3.63) is 77.3 Å². The zero-order chi connectivity index (χ0) is 25.6. The highest BCUT2D eigenvalue weighted by atomic mass is 35.5. The number of nitrogen functional groups attached to an aromatic ring is 1. The first-order valence-electron chi connectivity index (χ1n) is 9.97. The molecule has 0 atom stereocenters. The number of carbonyl (C=O) groups excluding carboxylic acids is 1. The van der Waals surface area contributed by atoms with Crippen LogP contribution in [0.4, 0.5) is 29.1 Å². The summed E-state index contributed by atoms with van der Waals surface area (Å²) in [4.78, 5) is 21.8. The third-order valence-electron chi connectivity index (χ3n) is 5.07. The average molecular weight is 518 g/mol. The quantitative estimate of drug-likeness (QED) is 0.344. The highest BCUT2D eigenvalue weighted by Crippen LogP contribution is 2.36. The predicted octanol–water partition coefficient (Wildman–Crippen LogP) is 4.04. The molecule has 0 saturated carbocycles. The molecular weight excluding hydrogens is 506 g/mol. The molecule has 15 heteroatoms. The number of fused-ring (bicyclic) bond motifs is 1. The maximum Gasteiger partial charge on any atom is 0.434 e. The number of benzene rings is 1. The molecule has 0 aliphatic rings. The molecular formula is C21H12ClF4N9O. The largest absolute Gasteiger partial charge is 0.434 e. The van der Waals surface area contributed by atoms with Gasteiger partial charge in [0.2, 0.25) is 0 Å². The normalized spacial score (nSPS) is 11.7. The van der Waals surface area contributed by atoms with Crippen molar-refractivity contribution in [3.8, 4) is 11.5 Å². The number of amides is 1. The molecule has 10 nitrogen and oxygen atoms in total. The van der Waals surface area contributed by atoms with Crippen molar-refractivity contribution in [1.82, 2.24) is 34.7 Å². The molecule has 1 amide bonds. The van der Waals surface area contributed by atoms with Crippen molar-refractivity contribution in [3.63, 3.8) is 0 Å². The van der Waals surface area contributed by atoms with E-state index in [4.69, 9.17) is 17.3 Å². The number of carbonyl (C=O) groups is 1. The summed E-state index contributed by atoms with van der Waals surface area (Å²) in [7, 11) is 0. The average Bonchev–Trinajstić information content (AvgIpc) is 3.50. The minimum Gasteiger partial charge on any atom is -0.383 e. The van der Waals surface area contributed by atoms with E-state index >= 15 is 0 Å². The summed E-state index contributed by atoms with van der Waals surface area (Å²) in [5, 5.41) is 13.8. The number of nitrogens with one attached hydrogen (secondary N) is 1. The van der Waals surface area contributed by atoms with Crippen molar-refractivity contribution in [1.29, 1.82) is 0 Å². The van der Waals surface area contributed by atoms with E-state index in [1.165, 1.54) is 36.8 Å². The third kappa shape index (κ3) is 3.96. The number of halogens is 5. The van der Waals surface area contributed by atoms with Crippen molar-refractivity contribution < 1.29 is 22.4 Å². The summed E-state index contributed by atoms with van der Waals surface area (Å²) >= 11 is 6.16. The van der Waals surface area contributed by atoms with Gasteiger partial charge in [0.1, 0.15) is 11.6 Å². The van der Waals surface area contributed by atoms with E-state index in [0.717, 1.165) is 23.3 Å². The summed E-state index contributed by atoms with van der Waals surface area (Å²) in [5.74, 6) is -1.95. The van der Waals surface area contributed by atoms with Gasteiger partial charge < -0.3 is 11.1 Å². The van der Waals surface area contributed by atoms with Crippen molar-refractivity contribution in [2.45, 2.75) is 6.18 Å². The second kappa shape index (κ2) is 8.57. The summed E-state index contributed by atoms with van der Waals surface area (Å²) in [5.41, 5.74) is 3.34. The molecule has 0 spiro atoms. The van der Waals surface area contributed by atoms with Crippen LogP contribution < -0.4 is 11.1 Å². The van der Waals surface area contributed by atoms with Crippen molar-refractivity contribution in [2.24, 2.45) is 0 Å². The Morgan fingerprint density at radius 3 is 2.50 bits per heavy atom. The molecule has 3 N–H and O–H groups in total. The van der Waals surface area contributed by atoms with Crippen LogP contribution in [0, 0.1) is 5.82 Å². The third-order valence-corrected chi connectivity index (χ3v) is 5.35. The first-order chi connectivity index (χ1) is 17.1. The fourth-order valence-corrected chi connectivity index (χ4v) is 3.81. The number of hydrogen-bond acceptors (Lipinski definition) is 7. The van der Waals surface area contributed by atoms with E-state index in [1.54, 1.807) is 0 Å².